The van der Waals surface area contributed by atoms with Gasteiger partial charge >= 0.3 is 0 Å². The lowest BCUT2D eigenvalue weighted by Crippen LogP contribution is -2.24. The maximum atomic E-state index is 12.0. The summed E-state index contributed by atoms with van der Waals surface area (Å²) in [4.78, 5) is 23.4. The van der Waals surface area contributed by atoms with Gasteiger partial charge in [0.2, 0.25) is 11.8 Å². The predicted octanol–water partition coefficient (Wildman–Crippen LogP) is 3.05. The second-order valence-electron chi connectivity index (χ2n) is 5.16. The van der Waals surface area contributed by atoms with Crippen LogP contribution in [0.1, 0.15) is 17.5 Å². The van der Waals surface area contributed by atoms with Crippen LogP contribution in [-0.4, -0.2) is 11.8 Å². The van der Waals surface area contributed by atoms with Crippen LogP contribution in [0.2, 0.25) is 5.02 Å². The molecule has 0 saturated heterocycles. The van der Waals surface area contributed by atoms with Gasteiger partial charge in [0, 0.05) is 17.3 Å². The first-order valence-electron chi connectivity index (χ1n) is 7.33. The van der Waals surface area contributed by atoms with E-state index in [1.54, 1.807) is 36.4 Å². The molecular formula is C18H16ClN3O2. The largest absolute Gasteiger partial charge is 0.352 e. The molecule has 0 atom stereocenters. The van der Waals surface area contributed by atoms with Crippen LogP contribution >= 0.6 is 11.6 Å². The molecule has 0 heterocycles. The van der Waals surface area contributed by atoms with Crippen molar-refractivity contribution in [3.63, 3.8) is 0 Å². The van der Waals surface area contributed by atoms with E-state index in [0.717, 1.165) is 11.1 Å². The van der Waals surface area contributed by atoms with Crippen molar-refractivity contribution in [2.45, 2.75) is 19.4 Å². The van der Waals surface area contributed by atoms with Gasteiger partial charge in [-0.25, -0.2) is 0 Å². The fourth-order valence-electron chi connectivity index (χ4n) is 2.09. The number of halogens is 1. The van der Waals surface area contributed by atoms with E-state index in [0.29, 0.717) is 17.3 Å². The van der Waals surface area contributed by atoms with E-state index in [2.05, 4.69) is 10.6 Å². The number of nitrogens with zero attached hydrogens (tertiary/aromatic N) is 1. The van der Waals surface area contributed by atoms with Gasteiger partial charge in [0.05, 0.1) is 12.5 Å². The van der Waals surface area contributed by atoms with Gasteiger partial charge < -0.3 is 10.6 Å². The van der Waals surface area contributed by atoms with Crippen molar-refractivity contribution < 1.29 is 9.59 Å². The Morgan fingerprint density at radius 1 is 1.04 bits per heavy atom. The zero-order valence-corrected chi connectivity index (χ0v) is 13.6. The van der Waals surface area contributed by atoms with Gasteiger partial charge in [-0.15, -0.1) is 0 Å². The number of hydrogen-bond acceptors (Lipinski definition) is 3. The molecule has 6 heteroatoms. The second-order valence-corrected chi connectivity index (χ2v) is 5.60. The Balaban J connectivity index is 1.87. The minimum atomic E-state index is -0.360. The average Bonchev–Trinajstić information content (AvgIpc) is 2.56. The summed E-state index contributed by atoms with van der Waals surface area (Å²) in [7, 11) is 0. The lowest BCUT2D eigenvalue weighted by atomic mass is 10.1. The Morgan fingerprint density at radius 3 is 2.50 bits per heavy atom. The van der Waals surface area contributed by atoms with E-state index in [-0.39, 0.29) is 24.7 Å². The highest BCUT2D eigenvalue weighted by Gasteiger charge is 2.05. The topological polar surface area (TPSA) is 82.0 Å². The van der Waals surface area contributed by atoms with Crippen molar-refractivity contribution in [1.29, 1.82) is 5.26 Å². The van der Waals surface area contributed by atoms with Crippen LogP contribution in [0.4, 0.5) is 5.69 Å². The third-order valence-electron chi connectivity index (χ3n) is 3.22. The van der Waals surface area contributed by atoms with E-state index in [9.17, 15) is 9.59 Å². The van der Waals surface area contributed by atoms with Crippen molar-refractivity contribution in [2.75, 3.05) is 5.32 Å². The molecule has 2 N–H and O–H groups in total. The molecule has 0 aliphatic heterocycles. The molecule has 2 amide bonds. The van der Waals surface area contributed by atoms with Crippen LogP contribution in [-0.2, 0) is 22.6 Å². The molecule has 0 saturated carbocycles. The summed E-state index contributed by atoms with van der Waals surface area (Å²) >= 11 is 5.81. The van der Waals surface area contributed by atoms with E-state index < -0.39 is 0 Å². The van der Waals surface area contributed by atoms with E-state index in [1.165, 1.54) is 0 Å². The van der Waals surface area contributed by atoms with Crippen molar-refractivity contribution in [3.8, 4) is 6.07 Å². The van der Waals surface area contributed by atoms with E-state index in [1.807, 2.05) is 18.2 Å². The Hall–Kier alpha value is -2.84. The summed E-state index contributed by atoms with van der Waals surface area (Å²) in [6.45, 7) is 0.356. The fraction of sp³-hybridized carbons (Fsp3) is 0.167. The summed E-state index contributed by atoms with van der Waals surface area (Å²) in [6, 6.07) is 16.0. The lowest BCUT2D eigenvalue weighted by Gasteiger charge is -2.08. The highest BCUT2D eigenvalue weighted by molar-refractivity contribution is 6.30. The van der Waals surface area contributed by atoms with Gasteiger partial charge in [0.15, 0.2) is 0 Å². The number of amides is 2. The first-order chi connectivity index (χ1) is 11.6. The minimum Gasteiger partial charge on any atom is -0.352 e. The molecular weight excluding hydrogens is 326 g/mol. The van der Waals surface area contributed by atoms with Crippen molar-refractivity contribution in [3.05, 3.63) is 64.7 Å². The molecule has 2 rings (SSSR count). The van der Waals surface area contributed by atoms with E-state index >= 15 is 0 Å². The molecule has 0 fully saturated rings. The molecule has 5 nitrogen and oxygen atoms in total. The van der Waals surface area contributed by atoms with Crippen LogP contribution in [0.25, 0.3) is 0 Å². The number of nitriles is 1. The first kappa shape index (κ1) is 17.5. The summed E-state index contributed by atoms with van der Waals surface area (Å²) in [5.74, 6) is -0.460. The van der Waals surface area contributed by atoms with Gasteiger partial charge in [-0.3, -0.25) is 9.59 Å². The Bertz CT molecular complexity index is 767. The second kappa shape index (κ2) is 8.70. The smallest absolute Gasteiger partial charge is 0.238 e. The molecule has 0 bridgehead atoms. The van der Waals surface area contributed by atoms with Crippen LogP contribution in [0.15, 0.2) is 48.5 Å². The molecule has 0 spiro atoms. The van der Waals surface area contributed by atoms with E-state index in [4.69, 9.17) is 16.9 Å². The number of anilines is 1. The van der Waals surface area contributed by atoms with Crippen LogP contribution in [0.5, 0.6) is 0 Å². The number of carbonyl (C=O) groups is 2. The van der Waals surface area contributed by atoms with Crippen molar-refractivity contribution >= 4 is 29.1 Å². The highest BCUT2D eigenvalue weighted by Crippen LogP contribution is 2.12. The number of nitrogens with one attached hydrogen (secondary N) is 2. The third kappa shape index (κ3) is 5.75. The summed E-state index contributed by atoms with van der Waals surface area (Å²) in [6.07, 6.45) is 0.0812. The number of carbonyl (C=O) groups excluding carboxylic acids is 2. The highest BCUT2D eigenvalue weighted by atomic mass is 35.5. The molecule has 24 heavy (non-hydrogen) atoms. The number of benzene rings is 2. The normalized spacial score (nSPS) is 9.83. The maximum Gasteiger partial charge on any atom is 0.238 e. The average molecular weight is 342 g/mol. The zero-order chi connectivity index (χ0) is 17.4. The van der Waals surface area contributed by atoms with Gasteiger partial charge in [-0.1, -0.05) is 35.9 Å². The van der Waals surface area contributed by atoms with Crippen LogP contribution in [0, 0.1) is 11.3 Å². The Labute approximate surface area is 145 Å². The Kier molecular flexibility index (Phi) is 6.35. The van der Waals surface area contributed by atoms with Gasteiger partial charge in [-0.05, 0) is 35.4 Å². The SMILES string of the molecule is N#CCC(=O)Nc1cccc(CNC(=O)Cc2ccc(Cl)cc2)c1. The van der Waals surface area contributed by atoms with Crippen LogP contribution < -0.4 is 10.6 Å². The van der Waals surface area contributed by atoms with Gasteiger partial charge in [-0.2, -0.15) is 5.26 Å². The quantitative estimate of drug-likeness (QED) is 0.847. The molecule has 0 radical (unpaired) electrons. The van der Waals surface area contributed by atoms with Gasteiger partial charge in [0.1, 0.15) is 6.42 Å². The van der Waals surface area contributed by atoms with Crippen molar-refractivity contribution in [2.24, 2.45) is 0 Å². The lowest BCUT2D eigenvalue weighted by molar-refractivity contribution is -0.120. The molecule has 122 valence electrons. The number of hydrogen-bond donors (Lipinski definition) is 2. The van der Waals surface area contributed by atoms with Crippen LogP contribution in [0.3, 0.4) is 0 Å². The molecule has 0 aliphatic carbocycles. The minimum absolute atomic E-state index is 0.101. The zero-order valence-electron chi connectivity index (χ0n) is 12.9. The summed E-state index contributed by atoms with van der Waals surface area (Å²) in [5.41, 5.74) is 2.34. The first-order valence-corrected chi connectivity index (χ1v) is 7.71. The van der Waals surface area contributed by atoms with Crippen molar-refractivity contribution in [1.82, 2.24) is 5.32 Å². The number of rotatable bonds is 6. The standard InChI is InChI=1S/C18H16ClN3O2/c19-15-6-4-13(5-7-15)11-18(24)21-12-14-2-1-3-16(10-14)22-17(23)8-9-20/h1-7,10H,8,11-12H2,(H,21,24)(H,22,23). The fourth-order valence-corrected chi connectivity index (χ4v) is 2.21. The molecule has 0 aromatic heterocycles. The monoisotopic (exact) mass is 341 g/mol. The molecule has 2 aromatic rings. The summed E-state index contributed by atoms with van der Waals surface area (Å²) < 4.78 is 0. The summed E-state index contributed by atoms with van der Waals surface area (Å²) in [5, 5.41) is 14.6. The molecule has 0 unspecified atom stereocenters. The molecule has 0 aliphatic rings. The third-order valence-corrected chi connectivity index (χ3v) is 3.47. The van der Waals surface area contributed by atoms with Gasteiger partial charge in [0.25, 0.3) is 0 Å². The maximum absolute atomic E-state index is 12.0. The molecule has 2 aromatic carbocycles. The Morgan fingerprint density at radius 2 is 1.79 bits per heavy atom. The predicted molar refractivity (Wildman–Crippen MR) is 92.3 cm³/mol.